The summed E-state index contributed by atoms with van der Waals surface area (Å²) in [6, 6.07) is 33.1. The van der Waals surface area contributed by atoms with Crippen molar-refractivity contribution in [2.45, 2.75) is 22.5 Å². The van der Waals surface area contributed by atoms with Gasteiger partial charge in [0.15, 0.2) is 0 Å². The molecule has 0 aliphatic rings. The SMILES string of the molecule is Cc1ccccc1N(CC(=O)Nc1ccc(CSc2ccccc2)cc1)S(=O)(=O)c1ccccc1. The predicted octanol–water partition coefficient (Wildman–Crippen LogP) is 6.12. The lowest BCUT2D eigenvalue weighted by molar-refractivity contribution is -0.114. The van der Waals surface area contributed by atoms with Crippen molar-refractivity contribution in [3.63, 3.8) is 0 Å². The van der Waals surface area contributed by atoms with Gasteiger partial charge in [0.05, 0.1) is 10.6 Å². The zero-order valence-electron chi connectivity index (χ0n) is 19.3. The highest BCUT2D eigenvalue weighted by Gasteiger charge is 2.28. The average molecular weight is 503 g/mol. The number of carbonyl (C=O) groups excluding carboxylic acids is 1. The number of carbonyl (C=O) groups is 1. The molecule has 4 aromatic carbocycles. The van der Waals surface area contributed by atoms with Crippen molar-refractivity contribution in [3.05, 3.63) is 120 Å². The van der Waals surface area contributed by atoms with Gasteiger partial charge in [0.2, 0.25) is 5.91 Å². The van der Waals surface area contributed by atoms with Crippen LogP contribution in [0.2, 0.25) is 0 Å². The molecule has 0 spiro atoms. The lowest BCUT2D eigenvalue weighted by atomic mass is 10.2. The highest BCUT2D eigenvalue weighted by molar-refractivity contribution is 7.98. The highest BCUT2D eigenvalue weighted by Crippen LogP contribution is 2.27. The minimum absolute atomic E-state index is 0.135. The maximum absolute atomic E-state index is 13.5. The summed E-state index contributed by atoms with van der Waals surface area (Å²) in [5.74, 6) is 0.397. The molecule has 35 heavy (non-hydrogen) atoms. The van der Waals surface area contributed by atoms with Crippen molar-refractivity contribution in [2.24, 2.45) is 0 Å². The molecule has 1 amide bonds. The molecule has 4 aromatic rings. The molecule has 0 unspecified atom stereocenters. The van der Waals surface area contributed by atoms with Gasteiger partial charge in [0.1, 0.15) is 6.54 Å². The van der Waals surface area contributed by atoms with Gasteiger partial charge in [-0.25, -0.2) is 8.42 Å². The molecule has 1 N–H and O–H groups in total. The van der Waals surface area contributed by atoms with E-state index in [-0.39, 0.29) is 11.4 Å². The zero-order chi connectivity index (χ0) is 24.7. The Kier molecular flexibility index (Phi) is 7.90. The Morgan fingerprint density at radius 2 is 1.40 bits per heavy atom. The summed E-state index contributed by atoms with van der Waals surface area (Å²) in [5.41, 5.74) is 2.98. The Hall–Kier alpha value is -3.55. The Morgan fingerprint density at radius 3 is 2.06 bits per heavy atom. The molecule has 0 aliphatic carbocycles. The molecular weight excluding hydrogens is 476 g/mol. The molecule has 0 saturated carbocycles. The van der Waals surface area contributed by atoms with Crippen molar-refractivity contribution in [1.82, 2.24) is 0 Å². The third-order valence-electron chi connectivity index (χ3n) is 5.39. The second-order valence-electron chi connectivity index (χ2n) is 7.96. The fraction of sp³-hybridized carbons (Fsp3) is 0.107. The van der Waals surface area contributed by atoms with E-state index < -0.39 is 15.9 Å². The topological polar surface area (TPSA) is 66.5 Å². The summed E-state index contributed by atoms with van der Waals surface area (Å²) >= 11 is 1.74. The van der Waals surface area contributed by atoms with Crippen molar-refractivity contribution < 1.29 is 13.2 Å². The standard InChI is InChI=1S/C28H26N2O3S2/c1-22-10-8-9-15-27(22)30(35(32,33)26-13-6-3-7-14-26)20-28(31)29-24-18-16-23(17-19-24)21-34-25-11-4-2-5-12-25/h2-19H,20-21H2,1H3,(H,29,31). The van der Waals surface area contributed by atoms with E-state index in [0.29, 0.717) is 11.4 Å². The number of anilines is 2. The number of thioether (sulfide) groups is 1. The molecule has 178 valence electrons. The van der Waals surface area contributed by atoms with E-state index in [4.69, 9.17) is 0 Å². The first-order chi connectivity index (χ1) is 16.9. The molecule has 0 bridgehead atoms. The van der Waals surface area contributed by atoms with Crippen LogP contribution in [-0.2, 0) is 20.6 Å². The van der Waals surface area contributed by atoms with E-state index in [2.05, 4.69) is 17.4 Å². The van der Waals surface area contributed by atoms with Crippen molar-refractivity contribution >= 4 is 39.1 Å². The molecule has 0 atom stereocenters. The van der Waals surface area contributed by atoms with Crippen LogP contribution < -0.4 is 9.62 Å². The maximum Gasteiger partial charge on any atom is 0.264 e. The van der Waals surface area contributed by atoms with Crippen LogP contribution >= 0.6 is 11.8 Å². The quantitative estimate of drug-likeness (QED) is 0.280. The van der Waals surface area contributed by atoms with Crippen molar-refractivity contribution in [2.75, 3.05) is 16.2 Å². The first kappa shape index (κ1) is 24.6. The number of hydrogen-bond donors (Lipinski definition) is 1. The van der Waals surface area contributed by atoms with E-state index in [9.17, 15) is 13.2 Å². The minimum Gasteiger partial charge on any atom is -0.325 e. The molecule has 5 nitrogen and oxygen atoms in total. The minimum atomic E-state index is -3.93. The molecule has 0 aromatic heterocycles. The van der Waals surface area contributed by atoms with Crippen LogP contribution in [0.4, 0.5) is 11.4 Å². The smallest absolute Gasteiger partial charge is 0.264 e. The number of para-hydroxylation sites is 1. The molecule has 0 saturated heterocycles. The third kappa shape index (κ3) is 6.32. The summed E-state index contributed by atoms with van der Waals surface area (Å²) in [6.07, 6.45) is 0. The summed E-state index contributed by atoms with van der Waals surface area (Å²) in [7, 11) is -3.93. The Balaban J connectivity index is 1.48. The maximum atomic E-state index is 13.5. The van der Waals surface area contributed by atoms with Crippen molar-refractivity contribution in [1.29, 1.82) is 0 Å². The van der Waals surface area contributed by atoms with Gasteiger partial charge in [-0.3, -0.25) is 9.10 Å². The molecule has 0 radical (unpaired) electrons. The van der Waals surface area contributed by atoms with Gasteiger partial charge in [0.25, 0.3) is 10.0 Å². The lowest BCUT2D eigenvalue weighted by Crippen LogP contribution is -2.38. The number of nitrogens with one attached hydrogen (secondary N) is 1. The van der Waals surface area contributed by atoms with Gasteiger partial charge in [-0.15, -0.1) is 11.8 Å². The van der Waals surface area contributed by atoms with Crippen LogP contribution in [0.15, 0.2) is 119 Å². The second kappa shape index (κ2) is 11.3. The molecule has 0 fully saturated rings. The second-order valence-corrected chi connectivity index (χ2v) is 10.9. The lowest BCUT2D eigenvalue weighted by Gasteiger charge is -2.25. The number of aryl methyl sites for hydroxylation is 1. The largest absolute Gasteiger partial charge is 0.325 e. The first-order valence-electron chi connectivity index (χ1n) is 11.1. The van der Waals surface area contributed by atoms with E-state index in [1.807, 2.05) is 61.5 Å². The van der Waals surface area contributed by atoms with Crippen LogP contribution in [-0.4, -0.2) is 20.9 Å². The van der Waals surface area contributed by atoms with Gasteiger partial charge >= 0.3 is 0 Å². The van der Waals surface area contributed by atoms with Crippen LogP contribution in [0, 0.1) is 6.92 Å². The Morgan fingerprint density at radius 1 is 0.800 bits per heavy atom. The zero-order valence-corrected chi connectivity index (χ0v) is 20.9. The summed E-state index contributed by atoms with van der Waals surface area (Å²) in [6.45, 7) is 1.49. The molecule has 4 rings (SSSR count). The molecule has 0 aliphatic heterocycles. The molecule has 0 heterocycles. The van der Waals surface area contributed by atoms with Crippen LogP contribution in [0.3, 0.4) is 0 Å². The predicted molar refractivity (Wildman–Crippen MR) is 143 cm³/mol. The highest BCUT2D eigenvalue weighted by atomic mass is 32.2. The fourth-order valence-electron chi connectivity index (χ4n) is 3.56. The number of hydrogen-bond acceptors (Lipinski definition) is 4. The number of sulfonamides is 1. The van der Waals surface area contributed by atoms with Gasteiger partial charge in [-0.1, -0.05) is 66.7 Å². The Bertz CT molecular complexity index is 1370. The monoisotopic (exact) mass is 502 g/mol. The first-order valence-corrected chi connectivity index (χ1v) is 13.6. The van der Waals surface area contributed by atoms with E-state index >= 15 is 0 Å². The van der Waals surface area contributed by atoms with Gasteiger partial charge in [0, 0.05) is 16.3 Å². The number of benzene rings is 4. The third-order valence-corrected chi connectivity index (χ3v) is 8.25. The van der Waals surface area contributed by atoms with Crippen LogP contribution in [0.5, 0.6) is 0 Å². The van der Waals surface area contributed by atoms with Crippen LogP contribution in [0.25, 0.3) is 0 Å². The van der Waals surface area contributed by atoms with Gasteiger partial charge in [-0.05, 0) is 60.5 Å². The summed E-state index contributed by atoms with van der Waals surface area (Å²) in [4.78, 5) is 14.3. The number of rotatable bonds is 9. The van der Waals surface area contributed by atoms with Crippen LogP contribution in [0.1, 0.15) is 11.1 Å². The normalized spacial score (nSPS) is 11.1. The van der Waals surface area contributed by atoms with Crippen molar-refractivity contribution in [3.8, 4) is 0 Å². The van der Waals surface area contributed by atoms with Gasteiger partial charge in [-0.2, -0.15) is 0 Å². The number of nitrogens with zero attached hydrogens (tertiary/aromatic N) is 1. The molecule has 7 heteroatoms. The summed E-state index contributed by atoms with van der Waals surface area (Å²) in [5, 5.41) is 2.83. The summed E-state index contributed by atoms with van der Waals surface area (Å²) < 4.78 is 28.1. The van der Waals surface area contributed by atoms with E-state index in [1.165, 1.54) is 17.0 Å². The van der Waals surface area contributed by atoms with E-state index in [1.54, 1.807) is 42.1 Å². The average Bonchev–Trinajstić information content (AvgIpc) is 2.88. The van der Waals surface area contributed by atoms with E-state index in [0.717, 1.165) is 21.2 Å². The Labute approximate surface area is 210 Å². The number of amides is 1. The van der Waals surface area contributed by atoms with Gasteiger partial charge < -0.3 is 5.32 Å². The fourth-order valence-corrected chi connectivity index (χ4v) is 5.94. The molecular formula is C28H26N2O3S2.